The van der Waals surface area contributed by atoms with Crippen LogP contribution < -0.4 is 5.32 Å². The minimum Gasteiger partial charge on any atom is -0.469 e. The zero-order valence-electron chi connectivity index (χ0n) is 9.90. The summed E-state index contributed by atoms with van der Waals surface area (Å²) < 4.78 is 6.35. The van der Waals surface area contributed by atoms with Crippen molar-refractivity contribution in [1.29, 1.82) is 0 Å². The van der Waals surface area contributed by atoms with Crippen molar-refractivity contribution < 1.29 is 9.53 Å². The molecule has 1 N–H and O–H groups in total. The molecule has 5 nitrogen and oxygen atoms in total. The average molecular weight is 225 g/mol. The second-order valence-electron chi connectivity index (χ2n) is 3.66. The molecule has 0 aliphatic rings. The van der Waals surface area contributed by atoms with Gasteiger partial charge in [0.25, 0.3) is 0 Å². The Bertz CT molecular complexity index is 323. The van der Waals surface area contributed by atoms with Crippen molar-refractivity contribution >= 4 is 5.97 Å². The van der Waals surface area contributed by atoms with E-state index in [0.717, 1.165) is 31.6 Å². The Labute approximate surface area is 95.8 Å². The highest BCUT2D eigenvalue weighted by Crippen LogP contribution is 1.94. The number of nitrogens with zero attached hydrogens (tertiary/aromatic N) is 2. The number of esters is 1. The largest absolute Gasteiger partial charge is 0.469 e. The van der Waals surface area contributed by atoms with Crippen LogP contribution in [0.5, 0.6) is 0 Å². The van der Waals surface area contributed by atoms with E-state index >= 15 is 0 Å². The highest BCUT2D eigenvalue weighted by molar-refractivity contribution is 5.69. The Morgan fingerprint density at radius 1 is 1.56 bits per heavy atom. The van der Waals surface area contributed by atoms with Gasteiger partial charge in [-0.05, 0) is 19.0 Å². The summed E-state index contributed by atoms with van der Waals surface area (Å²) >= 11 is 0. The molecule has 0 unspecified atom stereocenters. The molecule has 0 fully saturated rings. The molecule has 0 saturated carbocycles. The molecule has 0 radical (unpaired) electrons. The number of methoxy groups -OCH3 is 1. The molecule has 0 aliphatic carbocycles. The lowest BCUT2D eigenvalue weighted by molar-refractivity contribution is -0.140. The van der Waals surface area contributed by atoms with E-state index in [4.69, 9.17) is 0 Å². The fraction of sp³-hybridized carbons (Fsp3) is 0.636. The first-order chi connectivity index (χ1) is 7.72. The van der Waals surface area contributed by atoms with Crippen LogP contribution in [0.4, 0.5) is 0 Å². The van der Waals surface area contributed by atoms with Crippen molar-refractivity contribution in [3.05, 3.63) is 18.0 Å². The molecule has 0 spiro atoms. The van der Waals surface area contributed by atoms with Crippen LogP contribution in [0.2, 0.25) is 0 Å². The summed E-state index contributed by atoms with van der Waals surface area (Å²) in [5.41, 5.74) is 1.09. The summed E-state index contributed by atoms with van der Waals surface area (Å²) in [6, 6.07) is 2.01. The monoisotopic (exact) mass is 225 g/mol. The molecule has 0 atom stereocenters. The van der Waals surface area contributed by atoms with Gasteiger partial charge in [0.2, 0.25) is 0 Å². The molecule has 16 heavy (non-hydrogen) atoms. The zero-order valence-corrected chi connectivity index (χ0v) is 9.90. The van der Waals surface area contributed by atoms with E-state index < -0.39 is 0 Å². The lowest BCUT2D eigenvalue weighted by Gasteiger charge is -2.02. The minimum absolute atomic E-state index is 0.147. The molecule has 1 aromatic heterocycles. The molecule has 1 rings (SSSR count). The topological polar surface area (TPSA) is 56.1 Å². The number of nitrogens with one attached hydrogen (secondary N) is 1. The van der Waals surface area contributed by atoms with E-state index in [2.05, 4.69) is 15.2 Å². The number of aryl methyl sites for hydroxylation is 1. The fourth-order valence-electron chi connectivity index (χ4n) is 1.40. The summed E-state index contributed by atoms with van der Waals surface area (Å²) in [6.45, 7) is 1.72. The molecule has 90 valence electrons. The summed E-state index contributed by atoms with van der Waals surface area (Å²) in [4.78, 5) is 10.8. The first-order valence-electron chi connectivity index (χ1n) is 5.48. The highest BCUT2D eigenvalue weighted by Gasteiger charge is 1.99. The second-order valence-corrected chi connectivity index (χ2v) is 3.66. The van der Waals surface area contributed by atoms with Crippen molar-refractivity contribution in [2.75, 3.05) is 20.2 Å². The number of carbonyl (C=O) groups is 1. The number of aromatic nitrogens is 2. The summed E-state index contributed by atoms with van der Waals surface area (Å²) in [5.74, 6) is -0.147. The van der Waals surface area contributed by atoms with Gasteiger partial charge < -0.3 is 10.1 Å². The van der Waals surface area contributed by atoms with Gasteiger partial charge >= 0.3 is 5.97 Å². The van der Waals surface area contributed by atoms with Crippen LogP contribution in [-0.2, 0) is 23.0 Å². The lowest BCUT2D eigenvalue weighted by Crippen LogP contribution is -2.19. The molecule has 0 bridgehead atoms. The normalized spacial score (nSPS) is 10.4. The molecule has 1 heterocycles. The predicted octanol–water partition coefficient (Wildman–Crippen LogP) is 0.505. The maximum absolute atomic E-state index is 10.8. The molecule has 5 heteroatoms. The van der Waals surface area contributed by atoms with E-state index in [1.165, 1.54) is 7.11 Å². The van der Waals surface area contributed by atoms with Gasteiger partial charge in [-0.25, -0.2) is 0 Å². The van der Waals surface area contributed by atoms with E-state index in [-0.39, 0.29) is 5.97 Å². The Hall–Kier alpha value is -1.36. The van der Waals surface area contributed by atoms with Crippen LogP contribution in [-0.4, -0.2) is 35.9 Å². The number of carbonyl (C=O) groups excluding carboxylic acids is 1. The van der Waals surface area contributed by atoms with Gasteiger partial charge in [0.15, 0.2) is 0 Å². The lowest BCUT2D eigenvalue weighted by atomic mass is 10.3. The Morgan fingerprint density at radius 3 is 3.00 bits per heavy atom. The Morgan fingerprint density at radius 2 is 2.38 bits per heavy atom. The molecule has 0 saturated heterocycles. The average Bonchev–Trinajstić information content (AvgIpc) is 2.69. The third-order valence-electron chi connectivity index (χ3n) is 2.29. The van der Waals surface area contributed by atoms with Crippen molar-refractivity contribution in [3.63, 3.8) is 0 Å². The molecular weight excluding hydrogens is 206 g/mol. The van der Waals surface area contributed by atoms with Crippen molar-refractivity contribution in [3.8, 4) is 0 Å². The van der Waals surface area contributed by atoms with Gasteiger partial charge in [0.1, 0.15) is 0 Å². The van der Waals surface area contributed by atoms with Gasteiger partial charge in [0.05, 0.1) is 12.8 Å². The smallest absolute Gasteiger partial charge is 0.305 e. The van der Waals surface area contributed by atoms with Gasteiger partial charge in [-0.15, -0.1) is 0 Å². The first-order valence-corrected chi connectivity index (χ1v) is 5.48. The maximum atomic E-state index is 10.8. The van der Waals surface area contributed by atoms with Crippen LogP contribution >= 0.6 is 0 Å². The van der Waals surface area contributed by atoms with Gasteiger partial charge in [-0.1, -0.05) is 0 Å². The van der Waals surface area contributed by atoms with Gasteiger partial charge in [0, 0.05) is 32.6 Å². The maximum Gasteiger partial charge on any atom is 0.305 e. The molecule has 1 aromatic rings. The van der Waals surface area contributed by atoms with E-state index in [1.54, 1.807) is 4.68 Å². The molecule has 0 aliphatic heterocycles. The van der Waals surface area contributed by atoms with E-state index in [9.17, 15) is 4.79 Å². The standard InChI is InChI=1S/C11H19N3O2/c1-14-9-6-10(13-14)5-8-12-7-3-4-11(15)16-2/h6,9,12H,3-5,7-8H2,1-2H3. The van der Waals surface area contributed by atoms with Crippen molar-refractivity contribution in [2.24, 2.45) is 7.05 Å². The Kier molecular flexibility index (Phi) is 5.56. The zero-order chi connectivity index (χ0) is 11.8. The minimum atomic E-state index is -0.147. The van der Waals surface area contributed by atoms with E-state index in [1.807, 2.05) is 19.3 Å². The summed E-state index contributed by atoms with van der Waals surface area (Å²) in [6.07, 6.45) is 4.15. The SMILES string of the molecule is COC(=O)CCCNCCc1ccn(C)n1. The third-order valence-corrected chi connectivity index (χ3v) is 2.29. The third kappa shape index (κ3) is 4.93. The van der Waals surface area contributed by atoms with E-state index in [0.29, 0.717) is 6.42 Å². The van der Waals surface area contributed by atoms with Crippen LogP contribution in [0.3, 0.4) is 0 Å². The van der Waals surface area contributed by atoms with Crippen LogP contribution in [0.15, 0.2) is 12.3 Å². The molecular formula is C11H19N3O2. The first kappa shape index (κ1) is 12.7. The second kappa shape index (κ2) is 7.00. The van der Waals surface area contributed by atoms with Crippen LogP contribution in [0.25, 0.3) is 0 Å². The Balaban J connectivity index is 1.98. The number of ether oxygens (including phenoxy) is 1. The van der Waals surface area contributed by atoms with Crippen molar-refractivity contribution in [2.45, 2.75) is 19.3 Å². The summed E-state index contributed by atoms with van der Waals surface area (Å²) in [5, 5.41) is 7.54. The van der Waals surface area contributed by atoms with Crippen LogP contribution in [0, 0.1) is 0 Å². The molecule has 0 aromatic carbocycles. The quantitative estimate of drug-likeness (QED) is 0.542. The fourth-order valence-corrected chi connectivity index (χ4v) is 1.40. The van der Waals surface area contributed by atoms with Gasteiger partial charge in [-0.3, -0.25) is 9.48 Å². The van der Waals surface area contributed by atoms with Crippen LogP contribution in [0.1, 0.15) is 18.5 Å². The number of rotatable bonds is 7. The number of hydrogen-bond donors (Lipinski definition) is 1. The predicted molar refractivity (Wildman–Crippen MR) is 61.0 cm³/mol. The molecule has 0 amide bonds. The summed E-state index contributed by atoms with van der Waals surface area (Å²) in [7, 11) is 3.32. The highest BCUT2D eigenvalue weighted by atomic mass is 16.5. The van der Waals surface area contributed by atoms with Gasteiger partial charge in [-0.2, -0.15) is 5.10 Å². The van der Waals surface area contributed by atoms with Crippen molar-refractivity contribution in [1.82, 2.24) is 15.1 Å². The number of hydrogen-bond acceptors (Lipinski definition) is 4.